The molecule has 0 saturated heterocycles. The molecule has 0 bridgehead atoms. The fourth-order valence-corrected chi connectivity index (χ4v) is 9.96. The molecule has 0 aliphatic heterocycles. The molecule has 0 spiro atoms. The Bertz CT molecular complexity index is 4510. The number of nitrogens with zero attached hydrogens (tertiary/aromatic N) is 1. The first-order valence-electron chi connectivity index (χ1n) is 27.2. The standard InChI is InChI=1S/C70H45F6NO7.CH4O3S/c1-42-13-16-45(17-14-42)63(78)50-7-5-9-52(39-50)65(80)47-23-31-56(32-24-47)82-58-35-27-54(28-36-58)68(69(71,72)73,70(74,75)76)55-29-37-59(38-30-55)83-57-33-25-48(26-34-57)66(81)53-10-6-8-51(40-53)64(79)46-21-19-44(20-22-46)49-18-15-43(2)60(41-49)67-77-61-11-3-4-12-62(61)84-67;1-5(2,3)4/h3-41H,1-2H3;1H3,(H,2,3,4). The van der Waals surface area contributed by atoms with E-state index in [4.69, 9.17) is 18.4 Å². The summed E-state index contributed by atoms with van der Waals surface area (Å²) in [4.78, 5) is 58.6. The molecular formula is C71H49F6NO10S. The van der Waals surface area contributed by atoms with Gasteiger partial charge in [0.05, 0.1) is 6.26 Å². The fourth-order valence-electron chi connectivity index (χ4n) is 9.96. The van der Waals surface area contributed by atoms with Crippen molar-refractivity contribution in [2.24, 2.45) is 0 Å². The van der Waals surface area contributed by atoms with E-state index in [0.29, 0.717) is 58.7 Å². The number of rotatable bonds is 16. The summed E-state index contributed by atoms with van der Waals surface area (Å²) in [5.74, 6) is -0.773. The van der Waals surface area contributed by atoms with Crippen LogP contribution in [0.2, 0.25) is 0 Å². The molecule has 0 aliphatic rings. The van der Waals surface area contributed by atoms with Gasteiger partial charge in [0.1, 0.15) is 28.5 Å². The zero-order valence-corrected chi connectivity index (χ0v) is 48.1. The Morgan fingerprint density at radius 1 is 0.427 bits per heavy atom. The molecular weight excluding hydrogens is 1170 g/mol. The molecule has 11 nitrogen and oxygen atoms in total. The molecule has 18 heteroatoms. The highest BCUT2D eigenvalue weighted by Crippen LogP contribution is 2.56. The minimum Gasteiger partial charge on any atom is -0.457 e. The van der Waals surface area contributed by atoms with Crippen LogP contribution in [0.4, 0.5) is 26.3 Å². The first-order chi connectivity index (χ1) is 42.3. The Morgan fingerprint density at radius 3 is 1.16 bits per heavy atom. The van der Waals surface area contributed by atoms with Crippen molar-refractivity contribution in [2.45, 2.75) is 31.6 Å². The van der Waals surface area contributed by atoms with Crippen molar-refractivity contribution in [3.05, 3.63) is 303 Å². The SMILES string of the molecule is CS(=O)(=O)O.Cc1ccc(C(=O)c2cccc(C(=O)c3ccc(Oc4ccc(C(c5ccc(Oc6ccc(C(=O)c7cccc(C(=O)c8ccc(-c9ccc(C)c(-c%10nc%11ccccc%11o%10)c9)cc8)c7)cc6)cc5)(C(F)(F)F)C(F)(F)F)cc4)cc3)c2)cc1. The normalized spacial score (nSPS) is 11.8. The number of carbonyl (C=O) groups excluding carboxylic acids is 4. The molecule has 1 heterocycles. The molecule has 0 aliphatic carbocycles. The predicted molar refractivity (Wildman–Crippen MR) is 324 cm³/mol. The van der Waals surface area contributed by atoms with Gasteiger partial charge in [-0.1, -0.05) is 139 Å². The van der Waals surface area contributed by atoms with Crippen LogP contribution in [0, 0.1) is 13.8 Å². The highest BCUT2D eigenvalue weighted by Gasteiger charge is 2.72. The van der Waals surface area contributed by atoms with E-state index in [1.54, 1.807) is 60.7 Å². The van der Waals surface area contributed by atoms with Crippen LogP contribution in [0.25, 0.3) is 33.7 Å². The van der Waals surface area contributed by atoms with Gasteiger partial charge in [-0.25, -0.2) is 4.98 Å². The van der Waals surface area contributed by atoms with Crippen molar-refractivity contribution < 1.29 is 72.4 Å². The van der Waals surface area contributed by atoms with Gasteiger partial charge >= 0.3 is 12.4 Å². The average Bonchev–Trinajstić information content (AvgIpc) is 1.10. The van der Waals surface area contributed by atoms with Crippen LogP contribution < -0.4 is 9.47 Å². The quantitative estimate of drug-likeness (QED) is 0.0555. The molecule has 11 aromatic rings. The topological polar surface area (TPSA) is 167 Å². The van der Waals surface area contributed by atoms with Gasteiger partial charge in [-0.3, -0.25) is 23.7 Å². The van der Waals surface area contributed by atoms with Crippen LogP contribution in [-0.4, -0.2) is 59.7 Å². The Hall–Kier alpha value is -10.6. The number of hydrogen-bond acceptors (Lipinski definition) is 10. The summed E-state index contributed by atoms with van der Waals surface area (Å²) in [6.07, 6.45) is -11.0. The number of ether oxygens (including phenoxy) is 2. The minimum atomic E-state index is -5.88. The third-order valence-corrected chi connectivity index (χ3v) is 14.5. The number of aryl methyl sites for hydroxylation is 2. The molecule has 1 N–H and O–H groups in total. The van der Waals surface area contributed by atoms with E-state index in [1.807, 2.05) is 80.6 Å². The Balaban J connectivity index is 0.00000168. The average molecular weight is 1220 g/mol. The number of carbonyl (C=O) groups is 4. The monoisotopic (exact) mass is 1220 g/mol. The largest absolute Gasteiger partial charge is 0.457 e. The highest BCUT2D eigenvalue weighted by molar-refractivity contribution is 7.85. The maximum absolute atomic E-state index is 15.2. The van der Waals surface area contributed by atoms with Crippen molar-refractivity contribution in [1.29, 1.82) is 0 Å². The molecule has 0 amide bonds. The van der Waals surface area contributed by atoms with Crippen LogP contribution in [0.3, 0.4) is 0 Å². The van der Waals surface area contributed by atoms with E-state index in [0.717, 1.165) is 57.6 Å². The molecule has 0 unspecified atom stereocenters. The summed E-state index contributed by atoms with van der Waals surface area (Å²) in [7, 11) is -3.67. The molecule has 10 aromatic carbocycles. The van der Waals surface area contributed by atoms with Gasteiger partial charge in [-0.2, -0.15) is 34.8 Å². The molecule has 11 rings (SSSR count). The number of alkyl halides is 6. The molecule has 0 radical (unpaired) electrons. The first kappa shape index (κ1) is 61.5. The van der Waals surface area contributed by atoms with Gasteiger partial charge in [0, 0.05) is 50.1 Å². The molecule has 0 fully saturated rings. The van der Waals surface area contributed by atoms with Crippen LogP contribution in [0.1, 0.15) is 85.9 Å². The Labute approximate surface area is 506 Å². The van der Waals surface area contributed by atoms with Crippen LogP contribution in [-0.2, 0) is 15.5 Å². The summed E-state index contributed by atoms with van der Waals surface area (Å²) in [6, 6.07) is 58.4. The van der Waals surface area contributed by atoms with Crippen molar-refractivity contribution in [2.75, 3.05) is 6.26 Å². The van der Waals surface area contributed by atoms with E-state index in [1.165, 1.54) is 60.7 Å². The number of aromatic nitrogens is 1. The van der Waals surface area contributed by atoms with E-state index in [-0.39, 0.29) is 62.4 Å². The summed E-state index contributed by atoms with van der Waals surface area (Å²) < 4.78 is 134. The Morgan fingerprint density at radius 2 is 0.775 bits per heavy atom. The Kier molecular flexibility index (Phi) is 17.3. The molecule has 89 heavy (non-hydrogen) atoms. The number of halogens is 6. The lowest BCUT2D eigenvalue weighted by Gasteiger charge is -2.38. The third-order valence-electron chi connectivity index (χ3n) is 14.5. The van der Waals surface area contributed by atoms with E-state index < -0.39 is 50.6 Å². The van der Waals surface area contributed by atoms with Crippen molar-refractivity contribution in [3.63, 3.8) is 0 Å². The van der Waals surface area contributed by atoms with E-state index >= 15 is 26.3 Å². The highest BCUT2D eigenvalue weighted by atomic mass is 32.2. The van der Waals surface area contributed by atoms with Crippen LogP contribution in [0.5, 0.6) is 23.0 Å². The van der Waals surface area contributed by atoms with Crippen LogP contribution >= 0.6 is 0 Å². The van der Waals surface area contributed by atoms with E-state index in [9.17, 15) is 27.6 Å². The maximum Gasteiger partial charge on any atom is 0.411 e. The fraction of sp³-hybridized carbons (Fsp3) is 0.0845. The maximum atomic E-state index is 15.2. The summed E-state index contributed by atoms with van der Waals surface area (Å²) >= 11 is 0. The lowest BCUT2D eigenvalue weighted by molar-refractivity contribution is -0.288. The van der Waals surface area contributed by atoms with Crippen molar-refractivity contribution >= 4 is 44.4 Å². The number of fused-ring (bicyclic) bond motifs is 1. The summed E-state index contributed by atoms with van der Waals surface area (Å²) in [5, 5.41) is 0. The number of para-hydroxylation sites is 2. The molecule has 446 valence electrons. The first-order valence-corrected chi connectivity index (χ1v) is 29.0. The zero-order valence-electron chi connectivity index (χ0n) is 47.3. The number of hydrogen-bond donors (Lipinski definition) is 1. The van der Waals surface area contributed by atoms with Gasteiger partial charge in [-0.15, -0.1) is 0 Å². The minimum absolute atomic E-state index is 0.0795. The number of oxazole rings is 1. The lowest BCUT2D eigenvalue weighted by Crippen LogP contribution is -2.54. The molecule has 0 atom stereocenters. The second-order valence-electron chi connectivity index (χ2n) is 20.7. The smallest absolute Gasteiger partial charge is 0.411 e. The second kappa shape index (κ2) is 25.0. The zero-order chi connectivity index (χ0) is 63.4. The van der Waals surface area contributed by atoms with Gasteiger partial charge in [0.15, 0.2) is 28.7 Å². The second-order valence-corrected chi connectivity index (χ2v) is 22.2. The lowest BCUT2D eigenvalue weighted by atomic mass is 9.73. The van der Waals surface area contributed by atoms with Crippen molar-refractivity contribution in [1.82, 2.24) is 4.98 Å². The van der Waals surface area contributed by atoms with Gasteiger partial charge in [0.25, 0.3) is 10.1 Å². The summed E-state index contributed by atoms with van der Waals surface area (Å²) in [6.45, 7) is 3.88. The van der Waals surface area contributed by atoms with E-state index in [2.05, 4.69) is 4.98 Å². The van der Waals surface area contributed by atoms with Gasteiger partial charge in [0.2, 0.25) is 11.3 Å². The van der Waals surface area contributed by atoms with Crippen LogP contribution in [0.15, 0.2) is 241 Å². The van der Waals surface area contributed by atoms with Gasteiger partial charge in [-0.05, 0) is 145 Å². The molecule has 1 aromatic heterocycles. The number of ketones is 4. The predicted octanol–water partition coefficient (Wildman–Crippen LogP) is 17.2. The molecule has 0 saturated carbocycles. The summed E-state index contributed by atoms with van der Waals surface area (Å²) in [5.41, 5.74) is 1.68. The number of benzene rings is 10. The third kappa shape index (κ3) is 13.7. The van der Waals surface area contributed by atoms with Crippen molar-refractivity contribution in [3.8, 4) is 45.6 Å². The van der Waals surface area contributed by atoms with Gasteiger partial charge < -0.3 is 13.9 Å².